The Hall–Kier alpha value is -1.97. The number of methoxy groups -OCH3 is 1. The number of fused-ring (bicyclic) bond motifs is 1. The summed E-state index contributed by atoms with van der Waals surface area (Å²) < 4.78 is 9.71. The molecule has 2 aromatic rings. The largest absolute Gasteiger partial charge is 0.462 e. The van der Waals surface area contributed by atoms with E-state index >= 15 is 0 Å². The van der Waals surface area contributed by atoms with Crippen LogP contribution in [0.1, 0.15) is 0 Å². The van der Waals surface area contributed by atoms with E-state index in [-0.39, 0.29) is 0 Å². The Balaban J connectivity index is 2.41. The zero-order valence-electron chi connectivity index (χ0n) is 7.61. The molecule has 0 saturated carbocycles. The van der Waals surface area contributed by atoms with Gasteiger partial charge in [0.05, 0.1) is 19.1 Å². The smallest absolute Gasteiger partial charge is 0.411 e. The molecule has 4 nitrogen and oxygen atoms in total. The van der Waals surface area contributed by atoms with Crippen molar-refractivity contribution in [3.8, 4) is 0 Å². The first-order chi connectivity index (χ1) is 6.81. The predicted molar refractivity (Wildman–Crippen MR) is 52.2 cm³/mol. The number of amides is 1. The number of hydrogen-bond acceptors (Lipinski definition) is 3. The molecule has 0 saturated heterocycles. The van der Waals surface area contributed by atoms with E-state index in [9.17, 15) is 4.79 Å². The fourth-order valence-corrected chi connectivity index (χ4v) is 1.25. The number of benzene rings is 1. The Morgan fingerprint density at radius 1 is 1.43 bits per heavy atom. The summed E-state index contributed by atoms with van der Waals surface area (Å²) in [6, 6.07) is 7.32. The second-order valence-electron chi connectivity index (χ2n) is 2.76. The van der Waals surface area contributed by atoms with Gasteiger partial charge in [-0.2, -0.15) is 0 Å². The summed E-state index contributed by atoms with van der Waals surface area (Å²) in [7, 11) is 1.32. The Labute approximate surface area is 80.5 Å². The van der Waals surface area contributed by atoms with Gasteiger partial charge in [-0.3, -0.25) is 5.32 Å². The monoisotopic (exact) mass is 191 g/mol. The molecule has 0 atom stereocenters. The van der Waals surface area contributed by atoms with Crippen molar-refractivity contribution in [1.82, 2.24) is 0 Å². The van der Waals surface area contributed by atoms with Gasteiger partial charge < -0.3 is 9.15 Å². The molecule has 0 aliphatic rings. The summed E-state index contributed by atoms with van der Waals surface area (Å²) in [5.41, 5.74) is 1.26. The van der Waals surface area contributed by atoms with Crippen LogP contribution in [-0.4, -0.2) is 13.2 Å². The van der Waals surface area contributed by atoms with Crippen LogP contribution in [0.3, 0.4) is 0 Å². The number of rotatable bonds is 1. The SMILES string of the molecule is COC(=O)Nc1cccc2ccoc12. The van der Waals surface area contributed by atoms with Gasteiger partial charge in [-0.05, 0) is 12.1 Å². The van der Waals surface area contributed by atoms with Crippen LogP contribution in [0.4, 0.5) is 10.5 Å². The maximum Gasteiger partial charge on any atom is 0.411 e. The predicted octanol–water partition coefficient (Wildman–Crippen LogP) is 2.61. The molecule has 1 amide bonds. The molecule has 1 N–H and O–H groups in total. The van der Waals surface area contributed by atoms with Gasteiger partial charge >= 0.3 is 6.09 Å². The lowest BCUT2D eigenvalue weighted by Gasteiger charge is -2.03. The summed E-state index contributed by atoms with van der Waals surface area (Å²) >= 11 is 0. The molecule has 0 aliphatic carbocycles. The molecule has 1 aromatic carbocycles. The van der Waals surface area contributed by atoms with Gasteiger partial charge in [0.2, 0.25) is 0 Å². The average Bonchev–Trinajstić information content (AvgIpc) is 2.66. The lowest BCUT2D eigenvalue weighted by atomic mass is 10.2. The van der Waals surface area contributed by atoms with Crippen LogP contribution in [0.25, 0.3) is 11.0 Å². The summed E-state index contributed by atoms with van der Waals surface area (Å²) in [4.78, 5) is 11.0. The van der Waals surface area contributed by atoms with Crippen LogP contribution < -0.4 is 5.32 Å². The first-order valence-corrected chi connectivity index (χ1v) is 4.12. The maximum atomic E-state index is 11.0. The van der Waals surface area contributed by atoms with E-state index in [0.29, 0.717) is 11.3 Å². The van der Waals surface area contributed by atoms with E-state index in [1.54, 1.807) is 12.3 Å². The molecule has 1 heterocycles. The highest BCUT2D eigenvalue weighted by Gasteiger charge is 2.06. The van der Waals surface area contributed by atoms with E-state index in [1.165, 1.54) is 7.11 Å². The van der Waals surface area contributed by atoms with Crippen LogP contribution in [0, 0.1) is 0 Å². The zero-order valence-corrected chi connectivity index (χ0v) is 7.61. The highest BCUT2D eigenvalue weighted by molar-refractivity contribution is 5.96. The Kier molecular flexibility index (Phi) is 2.10. The molecule has 2 rings (SSSR count). The maximum absolute atomic E-state index is 11.0. The number of carbonyl (C=O) groups is 1. The Bertz CT molecular complexity index is 461. The minimum Gasteiger partial charge on any atom is -0.462 e. The van der Waals surface area contributed by atoms with Crippen molar-refractivity contribution in [3.05, 3.63) is 30.5 Å². The highest BCUT2D eigenvalue weighted by atomic mass is 16.5. The van der Waals surface area contributed by atoms with Crippen molar-refractivity contribution in [2.45, 2.75) is 0 Å². The lowest BCUT2D eigenvalue weighted by molar-refractivity contribution is 0.187. The first kappa shape index (κ1) is 8.62. The van der Waals surface area contributed by atoms with Crippen LogP contribution in [0.5, 0.6) is 0 Å². The summed E-state index contributed by atoms with van der Waals surface area (Å²) in [5, 5.41) is 3.51. The first-order valence-electron chi connectivity index (χ1n) is 4.12. The van der Waals surface area contributed by atoms with Gasteiger partial charge in [0.1, 0.15) is 0 Å². The minimum absolute atomic E-state index is 0.506. The Morgan fingerprint density at radius 2 is 2.29 bits per heavy atom. The summed E-state index contributed by atoms with van der Waals surface area (Å²) in [6.45, 7) is 0. The third-order valence-electron chi connectivity index (χ3n) is 1.90. The molecule has 0 spiro atoms. The zero-order chi connectivity index (χ0) is 9.97. The van der Waals surface area contributed by atoms with Crippen LogP contribution in [0.15, 0.2) is 34.9 Å². The van der Waals surface area contributed by atoms with Crippen molar-refractivity contribution in [2.24, 2.45) is 0 Å². The number of para-hydroxylation sites is 1. The van der Waals surface area contributed by atoms with Gasteiger partial charge in [-0.1, -0.05) is 12.1 Å². The fraction of sp³-hybridized carbons (Fsp3) is 0.100. The summed E-state index contributed by atoms with van der Waals surface area (Å²) in [6.07, 6.45) is 1.07. The van der Waals surface area contributed by atoms with E-state index < -0.39 is 6.09 Å². The van der Waals surface area contributed by atoms with E-state index in [4.69, 9.17) is 4.42 Å². The molecular formula is C10H9NO3. The van der Waals surface area contributed by atoms with Crippen LogP contribution in [-0.2, 0) is 4.74 Å². The standard InChI is InChI=1S/C10H9NO3/c1-13-10(12)11-8-4-2-3-7-5-6-14-9(7)8/h2-6H,1H3,(H,11,12). The van der Waals surface area contributed by atoms with Crippen molar-refractivity contribution in [2.75, 3.05) is 12.4 Å². The number of furan rings is 1. The second kappa shape index (κ2) is 3.41. The van der Waals surface area contributed by atoms with Gasteiger partial charge in [-0.25, -0.2) is 4.79 Å². The fourth-order valence-electron chi connectivity index (χ4n) is 1.25. The number of ether oxygens (including phenoxy) is 1. The molecule has 0 radical (unpaired) electrons. The van der Waals surface area contributed by atoms with Gasteiger partial charge in [0.15, 0.2) is 5.58 Å². The van der Waals surface area contributed by atoms with Crippen molar-refractivity contribution in [1.29, 1.82) is 0 Å². The number of anilines is 1. The van der Waals surface area contributed by atoms with E-state index in [0.717, 1.165) is 5.39 Å². The normalized spacial score (nSPS) is 10.1. The summed E-state index contributed by atoms with van der Waals surface area (Å²) in [5.74, 6) is 0. The third-order valence-corrected chi connectivity index (χ3v) is 1.90. The molecule has 0 unspecified atom stereocenters. The average molecular weight is 191 g/mol. The van der Waals surface area contributed by atoms with Gasteiger partial charge in [-0.15, -0.1) is 0 Å². The molecule has 0 aliphatic heterocycles. The van der Waals surface area contributed by atoms with Crippen molar-refractivity contribution < 1.29 is 13.9 Å². The number of nitrogens with one attached hydrogen (secondary N) is 1. The quantitative estimate of drug-likeness (QED) is 0.753. The molecular weight excluding hydrogens is 182 g/mol. The third kappa shape index (κ3) is 1.42. The van der Waals surface area contributed by atoms with Gasteiger partial charge in [0.25, 0.3) is 0 Å². The van der Waals surface area contributed by atoms with Crippen LogP contribution >= 0.6 is 0 Å². The molecule has 0 bridgehead atoms. The highest BCUT2D eigenvalue weighted by Crippen LogP contribution is 2.23. The van der Waals surface area contributed by atoms with Crippen molar-refractivity contribution in [3.63, 3.8) is 0 Å². The Morgan fingerprint density at radius 3 is 3.07 bits per heavy atom. The van der Waals surface area contributed by atoms with E-state index in [1.807, 2.05) is 18.2 Å². The second-order valence-corrected chi connectivity index (χ2v) is 2.76. The molecule has 14 heavy (non-hydrogen) atoms. The van der Waals surface area contributed by atoms with Crippen molar-refractivity contribution >= 4 is 22.7 Å². The topological polar surface area (TPSA) is 51.5 Å². The lowest BCUT2D eigenvalue weighted by Crippen LogP contribution is -2.10. The molecule has 0 fully saturated rings. The molecule has 4 heteroatoms. The molecule has 72 valence electrons. The van der Waals surface area contributed by atoms with E-state index in [2.05, 4.69) is 10.1 Å². The minimum atomic E-state index is -0.506. The van der Waals surface area contributed by atoms with Gasteiger partial charge in [0, 0.05) is 5.39 Å². The number of carbonyl (C=O) groups excluding carboxylic acids is 1. The van der Waals surface area contributed by atoms with Crippen LogP contribution in [0.2, 0.25) is 0 Å². The molecule has 1 aromatic heterocycles. The number of hydrogen-bond donors (Lipinski definition) is 1.